The fourth-order valence-corrected chi connectivity index (χ4v) is 5.35. The summed E-state index contributed by atoms with van der Waals surface area (Å²) in [5, 5.41) is 13.3. The molecule has 3 atom stereocenters. The molecule has 1 saturated heterocycles. The van der Waals surface area contributed by atoms with Gasteiger partial charge in [-0.2, -0.15) is 5.53 Å². The van der Waals surface area contributed by atoms with Gasteiger partial charge in [0.2, 0.25) is 11.8 Å². The van der Waals surface area contributed by atoms with Gasteiger partial charge in [-0.3, -0.25) is 24.0 Å². The van der Waals surface area contributed by atoms with Crippen molar-refractivity contribution in [1.82, 2.24) is 15.5 Å². The fourth-order valence-electron chi connectivity index (χ4n) is 5.35. The Morgan fingerprint density at radius 3 is 2.55 bits per heavy atom. The lowest BCUT2D eigenvalue weighted by Gasteiger charge is -2.37. The van der Waals surface area contributed by atoms with E-state index in [1.54, 1.807) is 31.2 Å². The Morgan fingerprint density at radius 1 is 1.08 bits per heavy atom. The second-order valence-corrected chi connectivity index (χ2v) is 11.2. The molecule has 2 aromatic rings. The number of hydrogen-bond donors (Lipinski definition) is 4. The highest BCUT2D eigenvalue weighted by Crippen LogP contribution is 2.22. The molecular weight excluding hydrogens is 634 g/mol. The molecule has 0 bridgehead atoms. The van der Waals surface area contributed by atoms with Crippen LogP contribution in [0.25, 0.3) is 10.8 Å². The lowest BCUT2D eigenvalue weighted by Crippen LogP contribution is -2.59. The van der Waals surface area contributed by atoms with Gasteiger partial charge in [0.25, 0.3) is 5.91 Å². The molecule has 0 saturated carbocycles. The highest BCUT2D eigenvalue weighted by Gasteiger charge is 2.37. The maximum atomic E-state index is 14.1. The van der Waals surface area contributed by atoms with E-state index < -0.39 is 48.2 Å². The van der Waals surface area contributed by atoms with E-state index in [4.69, 9.17) is 20.7 Å². The number of nitrogens with one attached hydrogen (secondary N) is 3. The van der Waals surface area contributed by atoms with Gasteiger partial charge in [-0.15, -0.1) is 5.10 Å². The van der Waals surface area contributed by atoms with Gasteiger partial charge in [-0.25, -0.2) is 0 Å². The molecule has 0 spiro atoms. The van der Waals surface area contributed by atoms with Crippen LogP contribution >= 0.6 is 0 Å². The number of fused-ring (bicyclic) bond motifs is 1. The summed E-state index contributed by atoms with van der Waals surface area (Å²) in [6.45, 7) is 1.25. The smallest absolute Gasteiger partial charge is 0.252 e. The van der Waals surface area contributed by atoms with Crippen molar-refractivity contribution in [3.8, 4) is 0 Å². The Balaban J connectivity index is 1.82. The first-order valence-electron chi connectivity index (χ1n) is 15.7. The normalized spacial score (nSPS) is 16.6. The Hall–Kier alpha value is -5.73. The number of amides is 3. The largest absolute Gasteiger partial charge is 0.501 e. The van der Waals surface area contributed by atoms with Crippen LogP contribution in [-0.2, 0) is 33.4 Å². The minimum absolute atomic E-state index is 0.00224. The number of benzene rings is 2. The Bertz CT molecular complexity index is 1630. The number of carbonyl (C=O) groups excluding carboxylic acids is 6. The molecular formula is C34H41N7O8. The average Bonchev–Trinajstić information content (AvgIpc) is 3.11. The molecule has 1 aliphatic heterocycles. The maximum Gasteiger partial charge on any atom is 0.252 e. The van der Waals surface area contributed by atoms with Crippen molar-refractivity contribution in [2.45, 2.75) is 63.6 Å². The van der Waals surface area contributed by atoms with Gasteiger partial charge in [0.15, 0.2) is 5.78 Å². The van der Waals surface area contributed by atoms with E-state index in [1.165, 1.54) is 18.1 Å². The molecule has 15 nitrogen and oxygen atoms in total. The topological polar surface area (TPSA) is 223 Å². The predicted octanol–water partition coefficient (Wildman–Crippen LogP) is 2.70. The number of methoxy groups -OCH3 is 1. The van der Waals surface area contributed by atoms with Crippen molar-refractivity contribution in [3.63, 3.8) is 0 Å². The number of piperidine rings is 1. The zero-order valence-electron chi connectivity index (χ0n) is 27.4. The molecule has 49 heavy (non-hydrogen) atoms. The number of ketones is 1. The van der Waals surface area contributed by atoms with Crippen LogP contribution in [0.1, 0.15) is 55.8 Å². The highest BCUT2D eigenvalue weighted by atomic mass is 16.5. The number of allylic oxidation sites excluding steroid dienone is 3. The predicted molar refractivity (Wildman–Crippen MR) is 179 cm³/mol. The fraction of sp³-hybridized carbons (Fsp3) is 0.382. The first-order valence-corrected chi connectivity index (χ1v) is 15.7. The molecule has 260 valence electrons. The molecule has 0 aliphatic carbocycles. The molecule has 1 heterocycles. The van der Waals surface area contributed by atoms with Crippen LogP contribution in [0.2, 0.25) is 0 Å². The third-order valence-electron chi connectivity index (χ3n) is 7.91. The number of ether oxygens (including phenoxy) is 2. The van der Waals surface area contributed by atoms with Crippen LogP contribution < -0.4 is 16.4 Å². The summed E-state index contributed by atoms with van der Waals surface area (Å²) in [6, 6.07) is 9.15. The molecule has 1 fully saturated rings. The lowest BCUT2D eigenvalue weighted by atomic mass is 9.97. The number of nitrogens with two attached hydrogens (primary N) is 1. The van der Waals surface area contributed by atoms with Gasteiger partial charge < -0.3 is 35.5 Å². The van der Waals surface area contributed by atoms with Crippen LogP contribution in [0.15, 0.2) is 76.5 Å². The maximum absolute atomic E-state index is 14.1. The summed E-state index contributed by atoms with van der Waals surface area (Å²) in [6.07, 6.45) is 4.59. The molecule has 15 heteroatoms. The number of nitrogens with zero attached hydrogens (tertiary/aromatic N) is 3. The minimum atomic E-state index is -1.26. The quantitative estimate of drug-likeness (QED) is 0.0266. The number of carbonyl (C=O) groups is 6. The molecule has 3 rings (SSSR count). The Labute approximate surface area is 283 Å². The first kappa shape index (κ1) is 37.7. The van der Waals surface area contributed by atoms with Crippen molar-refractivity contribution in [1.29, 1.82) is 5.53 Å². The van der Waals surface area contributed by atoms with Gasteiger partial charge in [-0.1, -0.05) is 41.6 Å². The number of aldehydes is 2. The van der Waals surface area contributed by atoms with Crippen molar-refractivity contribution in [3.05, 3.63) is 71.7 Å². The average molecular weight is 676 g/mol. The Kier molecular flexibility index (Phi) is 14.8. The molecule has 0 aromatic heterocycles. The molecule has 3 unspecified atom stereocenters. The van der Waals surface area contributed by atoms with Crippen molar-refractivity contribution in [2.24, 2.45) is 16.1 Å². The van der Waals surface area contributed by atoms with E-state index in [0.29, 0.717) is 42.1 Å². The zero-order valence-corrected chi connectivity index (χ0v) is 27.4. The van der Waals surface area contributed by atoms with E-state index in [1.807, 2.05) is 18.2 Å². The standard InChI is InChI=1S/C34H41N7O8/c1-22(48-2)20-24(15-18-42)49-21-30(44)27(16-19-43)37-33(46)29-12-5-6-17-41(29)34(47)28(13-14-31(35)39-40-36)38-32(45)26-11-7-9-23-8-3-4-10-25(23)26/h3-4,7-11,15,18-20,27-29H,5-6,12-14,16-17,21H2,1-2H3,(H,37,46)(H,38,45)(H3,35,36,39)/b22-20-,24-15+. The van der Waals surface area contributed by atoms with E-state index >= 15 is 0 Å². The van der Waals surface area contributed by atoms with Gasteiger partial charge in [-0.05, 0) is 49.4 Å². The van der Waals surface area contributed by atoms with Crippen LogP contribution in [-0.4, -0.2) is 85.2 Å². The summed E-state index contributed by atoms with van der Waals surface area (Å²) in [7, 11) is 1.42. The molecule has 2 aromatic carbocycles. The molecule has 0 radical (unpaired) electrons. The summed E-state index contributed by atoms with van der Waals surface area (Å²) in [5.74, 6) is -1.91. The van der Waals surface area contributed by atoms with Crippen molar-refractivity contribution >= 4 is 52.7 Å². The van der Waals surface area contributed by atoms with Gasteiger partial charge >= 0.3 is 0 Å². The SMILES string of the molecule is CO/C(C)=C\C(=C/C=O)OCC(=O)C(CC=O)NC(=O)C1CCCCN1C(=O)C(CCC(N)=NN=N)NC(=O)c1cccc2ccccc12. The van der Waals surface area contributed by atoms with Crippen molar-refractivity contribution < 1.29 is 38.2 Å². The molecule has 5 N–H and O–H groups in total. The lowest BCUT2D eigenvalue weighted by molar-refractivity contribution is -0.144. The van der Waals surface area contributed by atoms with E-state index in [0.717, 1.165) is 11.5 Å². The van der Waals surface area contributed by atoms with Gasteiger partial charge in [0.1, 0.15) is 42.9 Å². The van der Waals surface area contributed by atoms with E-state index in [-0.39, 0.29) is 43.8 Å². The second kappa shape index (κ2) is 19.2. The molecule has 1 aliphatic rings. The number of amidine groups is 1. The Morgan fingerprint density at radius 2 is 1.84 bits per heavy atom. The number of likely N-dealkylation sites (tertiary alicyclic amines) is 1. The third kappa shape index (κ3) is 10.9. The highest BCUT2D eigenvalue weighted by molar-refractivity contribution is 6.08. The third-order valence-corrected chi connectivity index (χ3v) is 7.91. The van der Waals surface area contributed by atoms with Crippen LogP contribution in [0.5, 0.6) is 0 Å². The van der Waals surface area contributed by atoms with E-state index in [2.05, 4.69) is 21.0 Å². The first-order chi connectivity index (χ1) is 23.6. The number of hydrogen-bond acceptors (Lipinski definition) is 10. The summed E-state index contributed by atoms with van der Waals surface area (Å²) in [4.78, 5) is 78.2. The van der Waals surface area contributed by atoms with Crippen LogP contribution in [0.3, 0.4) is 0 Å². The van der Waals surface area contributed by atoms with Gasteiger partial charge in [0, 0.05) is 37.1 Å². The minimum Gasteiger partial charge on any atom is -0.501 e. The van der Waals surface area contributed by atoms with Crippen LogP contribution in [0, 0.1) is 5.53 Å². The van der Waals surface area contributed by atoms with Crippen LogP contribution in [0.4, 0.5) is 0 Å². The number of Topliss-reactive ketones (excluding diaryl/α,β-unsaturated/α-hetero) is 1. The van der Waals surface area contributed by atoms with Gasteiger partial charge in [0.05, 0.1) is 18.9 Å². The van der Waals surface area contributed by atoms with E-state index in [9.17, 15) is 28.8 Å². The molecule has 3 amide bonds. The summed E-state index contributed by atoms with van der Waals surface area (Å²) < 4.78 is 10.5. The van der Waals surface area contributed by atoms with Crippen molar-refractivity contribution in [2.75, 3.05) is 20.3 Å². The number of rotatable bonds is 18. The monoisotopic (exact) mass is 675 g/mol. The second-order valence-electron chi connectivity index (χ2n) is 11.2. The zero-order chi connectivity index (χ0) is 35.8. The summed E-state index contributed by atoms with van der Waals surface area (Å²) in [5.41, 5.74) is 13.1. The summed E-state index contributed by atoms with van der Waals surface area (Å²) >= 11 is 0.